The van der Waals surface area contributed by atoms with Crippen molar-refractivity contribution in [3.05, 3.63) is 28.8 Å². The number of nitrogens with two attached hydrogens (primary N) is 1. The molecule has 0 aromatic heterocycles. The highest BCUT2D eigenvalue weighted by Crippen LogP contribution is 2.28. The fraction of sp³-hybridized carbons (Fsp3) is 0.571. The van der Waals surface area contributed by atoms with Crippen molar-refractivity contribution in [2.45, 2.75) is 19.4 Å². The maximum Gasteiger partial charge on any atom is 0.0491 e. The van der Waals surface area contributed by atoms with Gasteiger partial charge >= 0.3 is 0 Å². The van der Waals surface area contributed by atoms with Crippen LogP contribution < -0.4 is 10.6 Å². The summed E-state index contributed by atoms with van der Waals surface area (Å²) < 4.78 is 5.23. The van der Waals surface area contributed by atoms with Crippen LogP contribution >= 0.6 is 11.6 Å². The predicted molar refractivity (Wildman–Crippen MR) is 76.2 cm³/mol. The molecular weight excluding hydrogens is 248 g/mol. The zero-order valence-electron chi connectivity index (χ0n) is 10.9. The summed E-state index contributed by atoms with van der Waals surface area (Å²) in [4.78, 5) is 2.39. The Morgan fingerprint density at radius 2 is 2.11 bits per heavy atom. The Bertz CT molecular complexity index is 389. The number of hydrogen-bond donors (Lipinski definition) is 1. The number of piperidine rings is 1. The topological polar surface area (TPSA) is 38.5 Å². The predicted octanol–water partition coefficient (Wildman–Crippen LogP) is 2.66. The largest absolute Gasteiger partial charge is 0.384 e. The lowest BCUT2D eigenvalue weighted by atomic mass is 9.97. The number of hydrogen-bond acceptors (Lipinski definition) is 3. The first-order chi connectivity index (χ1) is 8.74. The van der Waals surface area contributed by atoms with Crippen molar-refractivity contribution in [1.82, 2.24) is 0 Å². The molecule has 1 fully saturated rings. The molecule has 0 atom stereocenters. The molecule has 0 spiro atoms. The van der Waals surface area contributed by atoms with Crippen LogP contribution in [-0.4, -0.2) is 26.8 Å². The van der Waals surface area contributed by atoms with Crippen molar-refractivity contribution in [2.75, 3.05) is 31.7 Å². The first-order valence-electron chi connectivity index (χ1n) is 6.47. The van der Waals surface area contributed by atoms with Crippen molar-refractivity contribution in [3.8, 4) is 0 Å². The summed E-state index contributed by atoms with van der Waals surface area (Å²) in [7, 11) is 1.77. The first-order valence-corrected chi connectivity index (χ1v) is 6.84. The van der Waals surface area contributed by atoms with E-state index in [2.05, 4.69) is 4.90 Å². The Hall–Kier alpha value is -0.770. The second kappa shape index (κ2) is 6.41. The highest BCUT2D eigenvalue weighted by molar-refractivity contribution is 6.30. The van der Waals surface area contributed by atoms with Crippen LogP contribution in [0, 0.1) is 5.92 Å². The smallest absolute Gasteiger partial charge is 0.0491 e. The van der Waals surface area contributed by atoms with Gasteiger partial charge in [0.05, 0.1) is 0 Å². The standard InChI is InChI=1S/C14H21ClN2O/c1-18-10-11-4-6-17(7-5-11)14-8-13(15)3-2-12(14)9-16/h2-3,8,11H,4-7,9-10,16H2,1H3. The van der Waals surface area contributed by atoms with Gasteiger partial charge in [-0.25, -0.2) is 0 Å². The van der Waals surface area contributed by atoms with Gasteiger partial charge in [-0.05, 0) is 36.5 Å². The molecule has 1 saturated heterocycles. The molecule has 0 aliphatic carbocycles. The normalized spacial score (nSPS) is 17.2. The van der Waals surface area contributed by atoms with Crippen LogP contribution in [0.15, 0.2) is 18.2 Å². The second-order valence-corrected chi connectivity index (χ2v) is 5.30. The van der Waals surface area contributed by atoms with Gasteiger partial charge in [-0.1, -0.05) is 17.7 Å². The molecule has 1 heterocycles. The van der Waals surface area contributed by atoms with Crippen LogP contribution in [0.5, 0.6) is 0 Å². The summed E-state index contributed by atoms with van der Waals surface area (Å²) in [5.41, 5.74) is 8.16. The fourth-order valence-electron chi connectivity index (χ4n) is 2.58. The van der Waals surface area contributed by atoms with Crippen molar-refractivity contribution >= 4 is 17.3 Å². The summed E-state index contributed by atoms with van der Waals surface area (Å²) in [6, 6.07) is 5.96. The summed E-state index contributed by atoms with van der Waals surface area (Å²) >= 11 is 6.08. The zero-order chi connectivity index (χ0) is 13.0. The molecule has 2 N–H and O–H groups in total. The fourth-order valence-corrected chi connectivity index (χ4v) is 2.75. The molecule has 1 aromatic carbocycles. The van der Waals surface area contributed by atoms with E-state index in [0.29, 0.717) is 12.5 Å². The van der Waals surface area contributed by atoms with Crippen molar-refractivity contribution in [3.63, 3.8) is 0 Å². The molecular formula is C14H21ClN2O. The van der Waals surface area contributed by atoms with Gasteiger partial charge in [0.2, 0.25) is 0 Å². The average Bonchev–Trinajstić information content (AvgIpc) is 2.40. The van der Waals surface area contributed by atoms with Crippen LogP contribution in [0.25, 0.3) is 0 Å². The minimum absolute atomic E-state index is 0.560. The monoisotopic (exact) mass is 268 g/mol. The van der Waals surface area contributed by atoms with E-state index in [1.165, 1.54) is 24.1 Å². The Balaban J connectivity index is 2.06. The van der Waals surface area contributed by atoms with Gasteiger partial charge in [0, 0.05) is 44.1 Å². The van der Waals surface area contributed by atoms with Crippen LogP contribution in [0.1, 0.15) is 18.4 Å². The second-order valence-electron chi connectivity index (χ2n) is 4.86. The molecule has 0 bridgehead atoms. The van der Waals surface area contributed by atoms with E-state index >= 15 is 0 Å². The molecule has 1 aromatic rings. The third-order valence-electron chi connectivity index (χ3n) is 3.62. The van der Waals surface area contributed by atoms with E-state index < -0.39 is 0 Å². The molecule has 100 valence electrons. The molecule has 1 aliphatic rings. The van der Waals surface area contributed by atoms with Crippen LogP contribution in [0.3, 0.4) is 0 Å². The van der Waals surface area contributed by atoms with Gasteiger partial charge in [0.1, 0.15) is 0 Å². The van der Waals surface area contributed by atoms with E-state index in [-0.39, 0.29) is 0 Å². The highest BCUT2D eigenvalue weighted by Gasteiger charge is 2.20. The van der Waals surface area contributed by atoms with Crippen LogP contribution in [0.2, 0.25) is 5.02 Å². The first kappa shape index (κ1) is 13.7. The van der Waals surface area contributed by atoms with Crippen molar-refractivity contribution in [1.29, 1.82) is 0 Å². The lowest BCUT2D eigenvalue weighted by Gasteiger charge is -2.34. The maximum absolute atomic E-state index is 6.08. The van der Waals surface area contributed by atoms with Crippen LogP contribution in [0.4, 0.5) is 5.69 Å². The minimum Gasteiger partial charge on any atom is -0.384 e. The number of anilines is 1. The minimum atomic E-state index is 0.560. The summed E-state index contributed by atoms with van der Waals surface area (Å²) in [6.07, 6.45) is 2.34. The quantitative estimate of drug-likeness (QED) is 0.912. The molecule has 18 heavy (non-hydrogen) atoms. The molecule has 0 amide bonds. The van der Waals surface area contributed by atoms with Gasteiger partial charge in [-0.3, -0.25) is 0 Å². The molecule has 0 radical (unpaired) electrons. The number of halogens is 1. The van der Waals surface area contributed by atoms with Gasteiger partial charge in [0.25, 0.3) is 0 Å². The Morgan fingerprint density at radius 1 is 1.39 bits per heavy atom. The SMILES string of the molecule is COCC1CCN(c2cc(Cl)ccc2CN)CC1. The third-order valence-corrected chi connectivity index (χ3v) is 3.86. The average molecular weight is 269 g/mol. The Kier molecular flexibility index (Phi) is 4.87. The van der Waals surface area contributed by atoms with Gasteiger partial charge in [-0.2, -0.15) is 0 Å². The number of benzene rings is 1. The van der Waals surface area contributed by atoms with E-state index in [4.69, 9.17) is 22.1 Å². The highest BCUT2D eigenvalue weighted by atomic mass is 35.5. The summed E-state index contributed by atoms with van der Waals surface area (Å²) in [5.74, 6) is 0.687. The van der Waals surface area contributed by atoms with Crippen LogP contribution in [-0.2, 0) is 11.3 Å². The number of rotatable bonds is 4. The lowest BCUT2D eigenvalue weighted by Crippen LogP contribution is -2.35. The summed E-state index contributed by atoms with van der Waals surface area (Å²) in [5, 5.41) is 0.779. The number of methoxy groups -OCH3 is 1. The van der Waals surface area contributed by atoms with Gasteiger partial charge in [0.15, 0.2) is 0 Å². The van der Waals surface area contributed by atoms with Crippen molar-refractivity contribution < 1.29 is 4.74 Å². The maximum atomic E-state index is 6.08. The molecule has 4 heteroatoms. The van der Waals surface area contributed by atoms with Crippen molar-refractivity contribution in [2.24, 2.45) is 11.7 Å². The Labute approximate surface area is 114 Å². The molecule has 2 rings (SSSR count). The molecule has 3 nitrogen and oxygen atoms in total. The van der Waals surface area contributed by atoms with E-state index in [1.54, 1.807) is 7.11 Å². The Morgan fingerprint density at radius 3 is 2.72 bits per heavy atom. The van der Waals surface area contributed by atoms with E-state index in [9.17, 15) is 0 Å². The number of ether oxygens (including phenoxy) is 1. The van der Waals surface area contributed by atoms with Gasteiger partial charge < -0.3 is 15.4 Å². The van der Waals surface area contributed by atoms with E-state index in [0.717, 1.165) is 24.7 Å². The molecule has 0 saturated carbocycles. The number of nitrogens with zero attached hydrogens (tertiary/aromatic N) is 1. The van der Waals surface area contributed by atoms with Gasteiger partial charge in [-0.15, -0.1) is 0 Å². The third kappa shape index (κ3) is 3.16. The molecule has 0 unspecified atom stereocenters. The lowest BCUT2D eigenvalue weighted by molar-refractivity contribution is 0.139. The molecule has 1 aliphatic heterocycles. The zero-order valence-corrected chi connectivity index (χ0v) is 11.6. The van der Waals surface area contributed by atoms with E-state index in [1.807, 2.05) is 18.2 Å². The summed E-state index contributed by atoms with van der Waals surface area (Å²) in [6.45, 7) is 3.54.